The fourth-order valence-corrected chi connectivity index (χ4v) is 3.84. The van der Waals surface area contributed by atoms with E-state index in [0.29, 0.717) is 18.0 Å². The lowest BCUT2D eigenvalue weighted by molar-refractivity contribution is -0.139. The minimum absolute atomic E-state index is 0.0326. The molecular formula is C22H24FN3O3. The van der Waals surface area contributed by atoms with Crippen LogP contribution in [0.4, 0.5) is 15.8 Å². The second-order valence-electron chi connectivity index (χ2n) is 7.40. The first-order chi connectivity index (χ1) is 14.1. The number of fused-ring (bicyclic) bond motifs is 1. The van der Waals surface area contributed by atoms with Crippen LogP contribution in [0.15, 0.2) is 48.5 Å². The van der Waals surface area contributed by atoms with E-state index < -0.39 is 11.9 Å². The van der Waals surface area contributed by atoms with Crippen LogP contribution in [0.5, 0.6) is 5.75 Å². The maximum Gasteiger partial charge on any atom is 0.265 e. The Labute approximate surface area is 169 Å². The van der Waals surface area contributed by atoms with Crippen LogP contribution in [0, 0.1) is 5.82 Å². The average molecular weight is 397 g/mol. The summed E-state index contributed by atoms with van der Waals surface area (Å²) in [6.45, 7) is 1.84. The number of hydrogen-bond donors (Lipinski definition) is 1. The van der Waals surface area contributed by atoms with Crippen LogP contribution in [0.2, 0.25) is 0 Å². The third-order valence-corrected chi connectivity index (χ3v) is 5.25. The van der Waals surface area contributed by atoms with Gasteiger partial charge in [-0.1, -0.05) is 18.2 Å². The minimum atomic E-state index is -0.648. The van der Waals surface area contributed by atoms with Gasteiger partial charge >= 0.3 is 0 Å². The van der Waals surface area contributed by atoms with Gasteiger partial charge in [-0.15, -0.1) is 0 Å². The van der Waals surface area contributed by atoms with Crippen LogP contribution in [0.3, 0.4) is 0 Å². The number of likely N-dealkylation sites (tertiary alicyclic amines) is 1. The van der Waals surface area contributed by atoms with Crippen molar-refractivity contribution in [2.75, 3.05) is 36.4 Å². The highest BCUT2D eigenvalue weighted by Gasteiger charge is 2.34. The lowest BCUT2D eigenvalue weighted by atomic mass is 10.1. The van der Waals surface area contributed by atoms with Crippen molar-refractivity contribution in [3.63, 3.8) is 0 Å². The highest BCUT2D eigenvalue weighted by molar-refractivity contribution is 5.95. The number of para-hydroxylation sites is 2. The molecule has 0 saturated carbocycles. The molecule has 2 heterocycles. The third-order valence-electron chi connectivity index (χ3n) is 5.25. The molecule has 0 unspecified atom stereocenters. The van der Waals surface area contributed by atoms with Gasteiger partial charge in [0.05, 0.1) is 18.8 Å². The van der Waals surface area contributed by atoms with Crippen molar-refractivity contribution in [1.29, 1.82) is 0 Å². The summed E-state index contributed by atoms with van der Waals surface area (Å²) in [5.74, 6) is -0.134. The topological polar surface area (TPSA) is 61.9 Å². The third kappa shape index (κ3) is 4.50. The number of hydrogen-bond acceptors (Lipinski definition) is 4. The first-order valence-corrected chi connectivity index (χ1v) is 9.95. The summed E-state index contributed by atoms with van der Waals surface area (Å²) < 4.78 is 19.3. The van der Waals surface area contributed by atoms with E-state index >= 15 is 0 Å². The summed E-state index contributed by atoms with van der Waals surface area (Å²) in [5.41, 5.74) is 1.17. The van der Waals surface area contributed by atoms with Crippen LogP contribution >= 0.6 is 0 Å². The van der Waals surface area contributed by atoms with Crippen LogP contribution < -0.4 is 15.0 Å². The van der Waals surface area contributed by atoms with E-state index in [1.807, 2.05) is 34.1 Å². The number of carbonyl (C=O) groups is 2. The molecule has 152 valence electrons. The molecule has 2 aliphatic heterocycles. The van der Waals surface area contributed by atoms with Crippen molar-refractivity contribution in [3.8, 4) is 5.75 Å². The summed E-state index contributed by atoms with van der Waals surface area (Å²) in [6.07, 6.45) is 2.51. The Bertz CT molecular complexity index is 898. The minimum Gasteiger partial charge on any atom is -0.477 e. The maximum absolute atomic E-state index is 13.4. The molecule has 1 atom stereocenters. The molecule has 1 fully saturated rings. The first kappa shape index (κ1) is 19.2. The lowest BCUT2D eigenvalue weighted by Gasteiger charge is -2.38. The fourth-order valence-electron chi connectivity index (χ4n) is 3.84. The van der Waals surface area contributed by atoms with E-state index in [1.54, 1.807) is 12.1 Å². The molecule has 29 heavy (non-hydrogen) atoms. The van der Waals surface area contributed by atoms with Gasteiger partial charge in [0, 0.05) is 18.8 Å². The number of rotatable bonds is 4. The molecule has 0 aromatic heterocycles. The smallest absolute Gasteiger partial charge is 0.265 e. The van der Waals surface area contributed by atoms with Crippen LogP contribution in [0.25, 0.3) is 0 Å². The van der Waals surface area contributed by atoms with Crippen molar-refractivity contribution in [1.82, 2.24) is 4.90 Å². The summed E-state index contributed by atoms with van der Waals surface area (Å²) in [5, 5.41) is 2.71. The maximum atomic E-state index is 13.4. The van der Waals surface area contributed by atoms with Crippen LogP contribution in [-0.4, -0.2) is 49.0 Å². The van der Waals surface area contributed by atoms with E-state index in [1.165, 1.54) is 12.1 Å². The number of nitrogens with one attached hydrogen (secondary N) is 1. The van der Waals surface area contributed by atoms with Crippen molar-refractivity contribution in [2.24, 2.45) is 0 Å². The zero-order valence-electron chi connectivity index (χ0n) is 16.1. The highest BCUT2D eigenvalue weighted by Crippen LogP contribution is 2.33. The first-order valence-electron chi connectivity index (χ1n) is 9.95. The normalized spacial score (nSPS) is 18.6. The molecule has 2 amide bonds. The lowest BCUT2D eigenvalue weighted by Crippen LogP contribution is -2.52. The van der Waals surface area contributed by atoms with Crippen molar-refractivity contribution in [2.45, 2.75) is 25.4 Å². The number of nitrogens with zero attached hydrogens (tertiary/aromatic N) is 2. The highest BCUT2D eigenvalue weighted by atomic mass is 19.1. The van der Waals surface area contributed by atoms with E-state index in [9.17, 15) is 14.0 Å². The number of piperidine rings is 1. The second kappa shape index (κ2) is 8.51. The number of anilines is 2. The summed E-state index contributed by atoms with van der Waals surface area (Å²) in [6, 6.07) is 13.2. The van der Waals surface area contributed by atoms with Gasteiger partial charge in [0.25, 0.3) is 5.91 Å². The number of ether oxygens (including phenoxy) is 1. The van der Waals surface area contributed by atoms with E-state index in [-0.39, 0.29) is 18.4 Å². The van der Waals surface area contributed by atoms with Gasteiger partial charge in [0.2, 0.25) is 5.91 Å². The number of halogens is 1. The van der Waals surface area contributed by atoms with Gasteiger partial charge in [-0.2, -0.15) is 0 Å². The molecule has 0 radical (unpaired) electrons. The van der Waals surface area contributed by atoms with Gasteiger partial charge in [-0.05, 0) is 49.6 Å². The molecule has 1 N–H and O–H groups in total. The Morgan fingerprint density at radius 2 is 1.86 bits per heavy atom. The summed E-state index contributed by atoms with van der Waals surface area (Å²) >= 11 is 0. The Balaban J connectivity index is 1.48. The fraction of sp³-hybridized carbons (Fsp3) is 0.364. The molecule has 4 rings (SSSR count). The number of amides is 2. The van der Waals surface area contributed by atoms with Crippen molar-refractivity contribution < 1.29 is 18.7 Å². The molecule has 0 spiro atoms. The second-order valence-corrected chi connectivity index (χ2v) is 7.40. The largest absolute Gasteiger partial charge is 0.477 e. The number of benzene rings is 2. The quantitative estimate of drug-likeness (QED) is 0.862. The Kier molecular flexibility index (Phi) is 5.64. The number of carbonyl (C=O) groups excluding carboxylic acids is 2. The van der Waals surface area contributed by atoms with Crippen molar-refractivity contribution in [3.05, 3.63) is 54.3 Å². The SMILES string of the molecule is O=C(CN1C[C@@H](C(=O)N2CCCCC2)Oc2ccccc21)Nc1cccc(F)c1. The van der Waals surface area contributed by atoms with Gasteiger partial charge in [0.1, 0.15) is 11.6 Å². The molecule has 2 aromatic carbocycles. The zero-order chi connectivity index (χ0) is 20.2. The van der Waals surface area contributed by atoms with Gasteiger partial charge in [-0.25, -0.2) is 4.39 Å². The Hall–Kier alpha value is -3.09. The average Bonchev–Trinajstić information content (AvgIpc) is 2.73. The standard InChI is InChI=1S/C22H24FN3O3/c23-16-7-6-8-17(13-16)24-21(27)15-26-14-20(22(28)25-11-4-1-5-12-25)29-19-10-3-2-9-18(19)26/h2-3,6-10,13,20H,1,4-5,11-12,14-15H2,(H,24,27)/t20-/m0/s1. The van der Waals surface area contributed by atoms with Crippen molar-refractivity contribution >= 4 is 23.2 Å². The van der Waals surface area contributed by atoms with Crippen LogP contribution in [-0.2, 0) is 9.59 Å². The predicted octanol–water partition coefficient (Wildman–Crippen LogP) is 3.04. The van der Waals surface area contributed by atoms with Gasteiger partial charge in [-0.3, -0.25) is 9.59 Å². The molecular weight excluding hydrogens is 373 g/mol. The van der Waals surface area contributed by atoms with E-state index in [2.05, 4.69) is 5.32 Å². The Morgan fingerprint density at radius 1 is 1.07 bits per heavy atom. The van der Waals surface area contributed by atoms with E-state index in [4.69, 9.17) is 4.74 Å². The molecule has 6 nitrogen and oxygen atoms in total. The molecule has 0 aliphatic carbocycles. The molecule has 2 aliphatic rings. The predicted molar refractivity (Wildman–Crippen MR) is 109 cm³/mol. The zero-order valence-corrected chi connectivity index (χ0v) is 16.1. The molecule has 0 bridgehead atoms. The monoisotopic (exact) mass is 397 g/mol. The van der Waals surface area contributed by atoms with Gasteiger partial charge in [0.15, 0.2) is 6.10 Å². The molecule has 1 saturated heterocycles. The molecule has 7 heteroatoms. The summed E-state index contributed by atoms with van der Waals surface area (Å²) in [4.78, 5) is 29.2. The summed E-state index contributed by atoms with van der Waals surface area (Å²) in [7, 11) is 0. The Morgan fingerprint density at radius 3 is 2.66 bits per heavy atom. The molecule has 2 aromatic rings. The van der Waals surface area contributed by atoms with Gasteiger partial charge < -0.3 is 19.9 Å². The van der Waals surface area contributed by atoms with Crippen LogP contribution in [0.1, 0.15) is 19.3 Å². The van der Waals surface area contributed by atoms with E-state index in [0.717, 1.165) is 38.0 Å².